The van der Waals surface area contributed by atoms with Crippen LogP contribution in [0, 0.1) is 0 Å². The Bertz CT molecular complexity index is 426. The van der Waals surface area contributed by atoms with E-state index >= 15 is 0 Å². The summed E-state index contributed by atoms with van der Waals surface area (Å²) in [4.78, 5) is 2.50. The van der Waals surface area contributed by atoms with Gasteiger partial charge in [-0.2, -0.15) is 0 Å². The van der Waals surface area contributed by atoms with Crippen LogP contribution >= 0.6 is 15.9 Å². The Labute approximate surface area is 105 Å². The van der Waals surface area contributed by atoms with Crippen LogP contribution in [0.2, 0.25) is 0 Å². The summed E-state index contributed by atoms with van der Waals surface area (Å²) in [5.41, 5.74) is 3.10. The molecule has 0 spiro atoms. The first-order valence-electron chi connectivity index (χ1n) is 5.72. The third kappa shape index (κ3) is 1.49. The zero-order valence-electron chi connectivity index (χ0n) is 9.66. The van der Waals surface area contributed by atoms with Gasteiger partial charge in [-0.25, -0.2) is 0 Å². The molecule has 2 aliphatic heterocycles. The molecule has 0 bridgehead atoms. The van der Waals surface area contributed by atoms with Gasteiger partial charge in [-0.15, -0.1) is 0 Å². The van der Waals surface area contributed by atoms with Crippen molar-refractivity contribution in [3.8, 4) is 0 Å². The van der Waals surface area contributed by atoms with Gasteiger partial charge in [-0.05, 0) is 17.7 Å². The van der Waals surface area contributed by atoms with Crippen LogP contribution in [0.4, 0.5) is 5.69 Å². The summed E-state index contributed by atoms with van der Waals surface area (Å²) < 4.78 is 6.47. The van der Waals surface area contributed by atoms with Crippen molar-refractivity contribution in [2.24, 2.45) is 0 Å². The topological polar surface area (TPSA) is 12.5 Å². The average molecular weight is 282 g/mol. The van der Waals surface area contributed by atoms with E-state index in [2.05, 4.69) is 52.9 Å². The fourth-order valence-electron chi connectivity index (χ4n) is 2.64. The lowest BCUT2D eigenvalue weighted by Gasteiger charge is -2.37. The number of hydrogen-bond donors (Lipinski definition) is 0. The van der Waals surface area contributed by atoms with Gasteiger partial charge in [0.05, 0.1) is 19.3 Å². The molecule has 0 unspecified atom stereocenters. The first-order valence-corrected chi connectivity index (χ1v) is 6.52. The molecule has 0 aromatic heterocycles. The summed E-state index contributed by atoms with van der Waals surface area (Å²) in [6, 6.07) is 7.21. The van der Waals surface area contributed by atoms with Crippen LogP contribution in [0.25, 0.3) is 0 Å². The molecule has 0 aliphatic carbocycles. The van der Waals surface area contributed by atoms with Crippen LogP contribution in [0.5, 0.6) is 0 Å². The van der Waals surface area contributed by atoms with E-state index in [1.807, 2.05) is 0 Å². The SMILES string of the molecule is CC1(C)CN(C2COC2)c2cc(Br)ccc21. The molecule has 1 aromatic carbocycles. The molecule has 0 N–H and O–H groups in total. The molecule has 0 saturated carbocycles. The van der Waals surface area contributed by atoms with Crippen LogP contribution in [-0.4, -0.2) is 25.8 Å². The van der Waals surface area contributed by atoms with Gasteiger partial charge < -0.3 is 9.64 Å². The average Bonchev–Trinajstić information content (AvgIpc) is 2.35. The summed E-state index contributed by atoms with van der Waals surface area (Å²) in [6.45, 7) is 7.50. The summed E-state index contributed by atoms with van der Waals surface area (Å²) in [6.07, 6.45) is 0. The van der Waals surface area contributed by atoms with Crippen molar-refractivity contribution in [1.82, 2.24) is 0 Å². The van der Waals surface area contributed by atoms with E-state index in [1.165, 1.54) is 11.3 Å². The Morgan fingerprint density at radius 1 is 1.38 bits per heavy atom. The minimum atomic E-state index is 0.256. The van der Waals surface area contributed by atoms with Crippen LogP contribution in [-0.2, 0) is 10.2 Å². The summed E-state index contributed by atoms with van der Waals surface area (Å²) in [5, 5.41) is 0. The maximum absolute atomic E-state index is 5.31. The van der Waals surface area contributed by atoms with E-state index in [0.717, 1.165) is 24.2 Å². The molecule has 16 heavy (non-hydrogen) atoms. The minimum absolute atomic E-state index is 0.256. The number of nitrogens with zero attached hydrogens (tertiary/aromatic N) is 1. The summed E-state index contributed by atoms with van der Waals surface area (Å²) >= 11 is 3.56. The van der Waals surface area contributed by atoms with Crippen molar-refractivity contribution < 1.29 is 4.74 Å². The van der Waals surface area contributed by atoms with E-state index in [1.54, 1.807) is 0 Å². The lowest BCUT2D eigenvalue weighted by atomic mass is 9.87. The third-order valence-corrected chi connectivity index (χ3v) is 4.12. The smallest absolute Gasteiger partial charge is 0.0757 e. The van der Waals surface area contributed by atoms with Crippen molar-refractivity contribution in [3.63, 3.8) is 0 Å². The molecule has 2 heterocycles. The number of hydrogen-bond acceptors (Lipinski definition) is 2. The van der Waals surface area contributed by atoms with Crippen molar-refractivity contribution >= 4 is 21.6 Å². The number of ether oxygens (including phenoxy) is 1. The summed E-state index contributed by atoms with van der Waals surface area (Å²) in [5.74, 6) is 0. The Morgan fingerprint density at radius 3 is 2.75 bits per heavy atom. The molecule has 86 valence electrons. The first-order chi connectivity index (χ1) is 7.58. The van der Waals surface area contributed by atoms with Crippen molar-refractivity contribution in [2.45, 2.75) is 25.3 Å². The van der Waals surface area contributed by atoms with Crippen LogP contribution in [0.1, 0.15) is 19.4 Å². The molecule has 0 amide bonds. The van der Waals surface area contributed by atoms with E-state index in [9.17, 15) is 0 Å². The van der Waals surface area contributed by atoms with Gasteiger partial charge in [0.25, 0.3) is 0 Å². The zero-order valence-corrected chi connectivity index (χ0v) is 11.3. The van der Waals surface area contributed by atoms with Crippen LogP contribution in [0.3, 0.4) is 0 Å². The minimum Gasteiger partial charge on any atom is -0.377 e. The van der Waals surface area contributed by atoms with Gasteiger partial charge in [0.1, 0.15) is 0 Å². The molecule has 1 aromatic rings. The monoisotopic (exact) mass is 281 g/mol. The number of rotatable bonds is 1. The highest BCUT2D eigenvalue weighted by atomic mass is 79.9. The van der Waals surface area contributed by atoms with Gasteiger partial charge in [0, 0.05) is 22.1 Å². The Kier molecular flexibility index (Phi) is 2.30. The molecular weight excluding hydrogens is 266 g/mol. The Morgan fingerprint density at radius 2 is 2.12 bits per heavy atom. The number of halogens is 1. The quantitative estimate of drug-likeness (QED) is 0.785. The number of fused-ring (bicyclic) bond motifs is 1. The van der Waals surface area contributed by atoms with Gasteiger partial charge in [-0.1, -0.05) is 35.8 Å². The lowest BCUT2D eigenvalue weighted by molar-refractivity contribution is 0.00800. The van der Waals surface area contributed by atoms with Gasteiger partial charge >= 0.3 is 0 Å². The molecule has 0 atom stereocenters. The molecule has 0 radical (unpaired) electrons. The predicted octanol–water partition coefficient (Wildman–Crippen LogP) is 2.95. The van der Waals surface area contributed by atoms with Gasteiger partial charge in [0.15, 0.2) is 0 Å². The second-order valence-electron chi connectivity index (χ2n) is 5.36. The van der Waals surface area contributed by atoms with Crippen molar-refractivity contribution in [1.29, 1.82) is 0 Å². The van der Waals surface area contributed by atoms with Crippen molar-refractivity contribution in [2.75, 3.05) is 24.7 Å². The molecule has 3 rings (SSSR count). The molecule has 1 saturated heterocycles. The molecule has 1 fully saturated rings. The Hall–Kier alpha value is -0.540. The second-order valence-corrected chi connectivity index (χ2v) is 6.28. The van der Waals surface area contributed by atoms with E-state index < -0.39 is 0 Å². The van der Waals surface area contributed by atoms with Gasteiger partial charge in [-0.3, -0.25) is 0 Å². The lowest BCUT2D eigenvalue weighted by Crippen LogP contribution is -2.49. The molecule has 2 nitrogen and oxygen atoms in total. The standard InChI is InChI=1S/C13H16BrNO/c1-13(2)8-15(10-6-16-7-10)12-5-9(14)3-4-11(12)13/h3-5,10H,6-8H2,1-2H3. The third-order valence-electron chi connectivity index (χ3n) is 3.63. The molecule has 3 heteroatoms. The van der Waals surface area contributed by atoms with Gasteiger partial charge in [0.2, 0.25) is 0 Å². The highest BCUT2D eigenvalue weighted by molar-refractivity contribution is 9.10. The largest absolute Gasteiger partial charge is 0.377 e. The van der Waals surface area contributed by atoms with E-state index in [-0.39, 0.29) is 5.41 Å². The highest BCUT2D eigenvalue weighted by Crippen LogP contribution is 2.43. The Balaban J connectivity index is 2.04. The zero-order chi connectivity index (χ0) is 11.3. The maximum Gasteiger partial charge on any atom is 0.0757 e. The number of benzene rings is 1. The first kappa shape index (κ1) is 10.6. The van der Waals surface area contributed by atoms with Crippen molar-refractivity contribution in [3.05, 3.63) is 28.2 Å². The fourth-order valence-corrected chi connectivity index (χ4v) is 2.99. The van der Waals surface area contributed by atoms with Crippen LogP contribution < -0.4 is 4.90 Å². The normalized spacial score (nSPS) is 23.1. The van der Waals surface area contributed by atoms with E-state index in [0.29, 0.717) is 6.04 Å². The highest BCUT2D eigenvalue weighted by Gasteiger charge is 2.40. The molecular formula is C13H16BrNO. The fraction of sp³-hybridized carbons (Fsp3) is 0.538. The second kappa shape index (κ2) is 3.47. The maximum atomic E-state index is 5.31. The summed E-state index contributed by atoms with van der Waals surface area (Å²) in [7, 11) is 0. The number of anilines is 1. The van der Waals surface area contributed by atoms with E-state index in [4.69, 9.17) is 4.74 Å². The predicted molar refractivity (Wildman–Crippen MR) is 69.1 cm³/mol. The molecule has 2 aliphatic rings. The van der Waals surface area contributed by atoms with Crippen LogP contribution in [0.15, 0.2) is 22.7 Å².